The van der Waals surface area contributed by atoms with Crippen LogP contribution < -0.4 is 5.32 Å². The van der Waals surface area contributed by atoms with Crippen LogP contribution in [-0.2, 0) is 14.3 Å². The zero-order valence-electron chi connectivity index (χ0n) is 19.8. The van der Waals surface area contributed by atoms with Gasteiger partial charge in [0, 0.05) is 24.9 Å². The van der Waals surface area contributed by atoms with Gasteiger partial charge in [0.15, 0.2) is 0 Å². The molecule has 2 aromatic carbocycles. The minimum atomic E-state index is -1.18. The monoisotopic (exact) mass is 464 g/mol. The highest BCUT2D eigenvalue weighted by atomic mass is 16.5. The summed E-state index contributed by atoms with van der Waals surface area (Å²) in [6.45, 7) is 4.20. The van der Waals surface area contributed by atoms with Gasteiger partial charge in [-0.2, -0.15) is 0 Å². The molecule has 34 heavy (non-hydrogen) atoms. The molecule has 4 rings (SSSR count). The van der Waals surface area contributed by atoms with Gasteiger partial charge in [0.2, 0.25) is 5.91 Å². The molecule has 1 saturated heterocycles. The van der Waals surface area contributed by atoms with Crippen LogP contribution in [0.3, 0.4) is 0 Å². The molecule has 1 unspecified atom stereocenters. The topological polar surface area (TPSA) is 95.9 Å². The summed E-state index contributed by atoms with van der Waals surface area (Å²) in [5, 5.41) is 12.4. The Balaban J connectivity index is 1.39. The zero-order chi connectivity index (χ0) is 24.3. The first-order valence-electron chi connectivity index (χ1n) is 12.0. The maximum absolute atomic E-state index is 12.9. The number of rotatable bonds is 8. The first-order chi connectivity index (χ1) is 16.3. The molecular weight excluding hydrogens is 432 g/mol. The number of fused-ring (bicyclic) bond motifs is 3. The normalized spacial score (nSPS) is 19.9. The number of ether oxygens (including phenoxy) is 1. The predicted octanol–water partition coefficient (Wildman–Crippen LogP) is 4.55. The van der Waals surface area contributed by atoms with Crippen molar-refractivity contribution in [3.63, 3.8) is 0 Å². The molecule has 1 fully saturated rings. The van der Waals surface area contributed by atoms with E-state index in [0.717, 1.165) is 28.7 Å². The second-order valence-corrected chi connectivity index (χ2v) is 9.39. The van der Waals surface area contributed by atoms with E-state index in [2.05, 4.69) is 29.6 Å². The summed E-state index contributed by atoms with van der Waals surface area (Å²) in [6.07, 6.45) is 1.97. The van der Waals surface area contributed by atoms with E-state index in [9.17, 15) is 19.5 Å². The quantitative estimate of drug-likeness (QED) is 0.598. The molecule has 0 radical (unpaired) electrons. The second kappa shape index (κ2) is 9.87. The maximum Gasteiger partial charge on any atom is 0.407 e. The molecule has 1 aliphatic carbocycles. The first kappa shape index (κ1) is 23.8. The summed E-state index contributed by atoms with van der Waals surface area (Å²) in [4.78, 5) is 38.8. The van der Waals surface area contributed by atoms with Gasteiger partial charge in [-0.25, -0.2) is 9.59 Å². The predicted molar refractivity (Wildman–Crippen MR) is 129 cm³/mol. The lowest BCUT2D eigenvalue weighted by Gasteiger charge is -2.32. The van der Waals surface area contributed by atoms with Crippen LogP contribution in [0.2, 0.25) is 0 Å². The third-order valence-electron chi connectivity index (χ3n) is 7.13. The van der Waals surface area contributed by atoms with Crippen LogP contribution in [0.1, 0.15) is 63.0 Å². The highest BCUT2D eigenvalue weighted by Gasteiger charge is 2.46. The Hall–Kier alpha value is -3.35. The number of likely N-dealkylation sites (tertiary alicyclic amines) is 1. The van der Waals surface area contributed by atoms with Gasteiger partial charge < -0.3 is 20.1 Å². The lowest BCUT2D eigenvalue weighted by atomic mass is 9.98. The van der Waals surface area contributed by atoms with Crippen molar-refractivity contribution in [2.45, 2.75) is 63.5 Å². The molecule has 0 spiro atoms. The summed E-state index contributed by atoms with van der Waals surface area (Å²) in [6, 6.07) is 15.9. The number of hydrogen-bond donors (Lipinski definition) is 2. The van der Waals surface area contributed by atoms with Crippen molar-refractivity contribution >= 4 is 18.0 Å². The van der Waals surface area contributed by atoms with Crippen LogP contribution in [0, 0.1) is 0 Å². The van der Waals surface area contributed by atoms with Gasteiger partial charge in [0.25, 0.3) is 0 Å². The molecule has 0 aromatic heterocycles. The van der Waals surface area contributed by atoms with E-state index < -0.39 is 23.6 Å². The van der Waals surface area contributed by atoms with Gasteiger partial charge in [0.1, 0.15) is 12.1 Å². The molecule has 1 aliphatic heterocycles. The van der Waals surface area contributed by atoms with Gasteiger partial charge in [-0.15, -0.1) is 0 Å². The van der Waals surface area contributed by atoms with Crippen LogP contribution in [-0.4, -0.2) is 52.7 Å². The molecule has 2 N–H and O–H groups in total. The maximum atomic E-state index is 12.9. The Morgan fingerprint density at radius 1 is 1.12 bits per heavy atom. The molecule has 0 bridgehead atoms. The summed E-state index contributed by atoms with van der Waals surface area (Å²) in [7, 11) is 0. The number of benzene rings is 2. The van der Waals surface area contributed by atoms with Crippen molar-refractivity contribution in [1.29, 1.82) is 0 Å². The first-order valence-corrected chi connectivity index (χ1v) is 12.0. The lowest BCUT2D eigenvalue weighted by molar-refractivity contribution is -0.155. The van der Waals surface area contributed by atoms with Gasteiger partial charge >= 0.3 is 12.1 Å². The SMILES string of the molecule is CCCC(CC(=O)N1CCC[C@]1(C)C(=O)O)NC(=O)OCC1c2ccccc2-c2ccccc21. The van der Waals surface area contributed by atoms with Gasteiger partial charge in [-0.1, -0.05) is 61.9 Å². The number of aliphatic carboxylic acids is 1. The third-order valence-corrected chi connectivity index (χ3v) is 7.13. The Morgan fingerprint density at radius 3 is 2.32 bits per heavy atom. The molecule has 7 nitrogen and oxygen atoms in total. The van der Waals surface area contributed by atoms with E-state index in [1.807, 2.05) is 31.2 Å². The summed E-state index contributed by atoms with van der Waals surface area (Å²) >= 11 is 0. The molecule has 2 aromatic rings. The number of hydrogen-bond acceptors (Lipinski definition) is 4. The highest BCUT2D eigenvalue weighted by Crippen LogP contribution is 2.44. The Kier molecular flexibility index (Phi) is 6.91. The van der Waals surface area contributed by atoms with Crippen LogP contribution in [0.4, 0.5) is 4.79 Å². The highest BCUT2D eigenvalue weighted by molar-refractivity contribution is 5.88. The van der Waals surface area contributed by atoms with Crippen LogP contribution >= 0.6 is 0 Å². The van der Waals surface area contributed by atoms with E-state index in [-0.39, 0.29) is 24.9 Å². The van der Waals surface area contributed by atoms with E-state index in [1.165, 1.54) is 4.90 Å². The molecular formula is C27H32N2O5. The summed E-state index contributed by atoms with van der Waals surface area (Å²) in [5.74, 6) is -1.28. The third kappa shape index (κ3) is 4.52. The number of nitrogens with one attached hydrogen (secondary N) is 1. The minimum absolute atomic E-state index is 0.0368. The van der Waals surface area contributed by atoms with Crippen LogP contribution in [0.15, 0.2) is 48.5 Å². The number of alkyl carbamates (subject to hydrolysis) is 1. The largest absolute Gasteiger partial charge is 0.480 e. The van der Waals surface area contributed by atoms with Crippen molar-refractivity contribution in [1.82, 2.24) is 10.2 Å². The summed E-state index contributed by atoms with van der Waals surface area (Å²) in [5.41, 5.74) is 3.41. The number of carboxylic acid groups (broad SMARTS) is 1. The Bertz CT molecular complexity index is 1040. The number of carbonyl (C=O) groups is 3. The Labute approximate surface area is 200 Å². The molecule has 0 saturated carbocycles. The molecule has 2 amide bonds. The fraction of sp³-hybridized carbons (Fsp3) is 0.444. The average molecular weight is 465 g/mol. The van der Waals surface area contributed by atoms with E-state index >= 15 is 0 Å². The van der Waals surface area contributed by atoms with E-state index in [0.29, 0.717) is 25.8 Å². The van der Waals surface area contributed by atoms with E-state index in [1.54, 1.807) is 6.92 Å². The molecule has 2 aliphatic rings. The number of amides is 2. The average Bonchev–Trinajstić information content (AvgIpc) is 3.37. The standard InChI is InChI=1S/C27H32N2O5/c1-3-9-18(16-24(30)29-15-8-14-27(29,2)25(31)32)28-26(33)34-17-23-21-12-6-4-10-19(21)20-11-5-7-13-22(20)23/h4-7,10-13,18,23H,3,8-9,14-17H2,1-2H3,(H,28,33)(H,31,32)/t18?,27-/m1/s1. The number of nitrogens with zero attached hydrogens (tertiary/aromatic N) is 1. The van der Waals surface area contributed by atoms with Gasteiger partial charge in [-0.05, 0) is 48.4 Å². The van der Waals surface area contributed by atoms with Gasteiger partial charge in [0.05, 0.1) is 0 Å². The lowest BCUT2D eigenvalue weighted by Crippen LogP contribution is -2.52. The number of carbonyl (C=O) groups excluding carboxylic acids is 2. The fourth-order valence-electron chi connectivity index (χ4n) is 5.29. The molecule has 180 valence electrons. The Morgan fingerprint density at radius 2 is 1.74 bits per heavy atom. The van der Waals surface area contributed by atoms with E-state index in [4.69, 9.17) is 4.74 Å². The van der Waals surface area contributed by atoms with Crippen molar-refractivity contribution in [3.05, 3.63) is 59.7 Å². The fourth-order valence-corrected chi connectivity index (χ4v) is 5.29. The van der Waals surface area contributed by atoms with Crippen LogP contribution in [0.25, 0.3) is 11.1 Å². The molecule has 7 heteroatoms. The molecule has 1 heterocycles. The smallest absolute Gasteiger partial charge is 0.407 e. The zero-order valence-corrected chi connectivity index (χ0v) is 19.8. The second-order valence-electron chi connectivity index (χ2n) is 9.39. The number of carboxylic acids is 1. The van der Waals surface area contributed by atoms with Crippen molar-refractivity contribution in [2.24, 2.45) is 0 Å². The van der Waals surface area contributed by atoms with Crippen molar-refractivity contribution in [2.75, 3.05) is 13.2 Å². The summed E-state index contributed by atoms with van der Waals surface area (Å²) < 4.78 is 5.63. The van der Waals surface area contributed by atoms with Crippen LogP contribution in [0.5, 0.6) is 0 Å². The minimum Gasteiger partial charge on any atom is -0.480 e. The van der Waals surface area contributed by atoms with Crippen molar-refractivity contribution < 1.29 is 24.2 Å². The molecule has 2 atom stereocenters. The van der Waals surface area contributed by atoms with Gasteiger partial charge in [-0.3, -0.25) is 4.79 Å². The van der Waals surface area contributed by atoms with Crippen molar-refractivity contribution in [3.8, 4) is 11.1 Å².